The topological polar surface area (TPSA) is 58.6 Å². The maximum atomic E-state index is 12.3. The molecule has 108 valence electrons. The van der Waals surface area contributed by atoms with Gasteiger partial charge in [0.05, 0.1) is 11.4 Å². The second-order valence-electron chi connectivity index (χ2n) is 5.93. The van der Waals surface area contributed by atoms with E-state index in [-0.39, 0.29) is 0 Å². The van der Waals surface area contributed by atoms with Crippen molar-refractivity contribution in [1.29, 1.82) is 0 Å². The Morgan fingerprint density at radius 2 is 1.81 bits per heavy atom. The van der Waals surface area contributed by atoms with E-state index < -0.39 is 17.7 Å². The Bertz CT molecular complexity index is 742. The Balaban J connectivity index is 2.13. The Hall–Kier alpha value is -2.56. The van der Waals surface area contributed by atoms with Crippen LogP contribution in [0.1, 0.15) is 20.8 Å². The number of amides is 3. The highest BCUT2D eigenvalue weighted by Crippen LogP contribution is 2.37. The van der Waals surface area contributed by atoms with Crippen molar-refractivity contribution in [3.63, 3.8) is 0 Å². The molecule has 2 aromatic carbocycles. The predicted octanol–water partition coefficient (Wildman–Crippen LogP) is 4.13. The molecule has 0 atom stereocenters. The van der Waals surface area contributed by atoms with Gasteiger partial charge in [-0.25, -0.2) is 9.59 Å². The van der Waals surface area contributed by atoms with Crippen LogP contribution in [0.25, 0.3) is 10.8 Å². The number of imide groups is 1. The normalized spacial score (nSPS) is 14.0. The van der Waals surface area contributed by atoms with E-state index in [4.69, 9.17) is 4.74 Å². The van der Waals surface area contributed by atoms with Crippen LogP contribution in [0.15, 0.2) is 36.4 Å². The summed E-state index contributed by atoms with van der Waals surface area (Å²) in [5.74, 6) is 0. The summed E-state index contributed by atoms with van der Waals surface area (Å²) in [5, 5.41) is 4.52. The number of ether oxygens (including phenoxy) is 1. The molecule has 21 heavy (non-hydrogen) atoms. The molecular formula is C16H16N2O3. The van der Waals surface area contributed by atoms with Crippen molar-refractivity contribution in [3.8, 4) is 0 Å². The highest BCUT2D eigenvalue weighted by molar-refractivity contribution is 6.26. The molecule has 0 spiro atoms. The van der Waals surface area contributed by atoms with Gasteiger partial charge in [-0.15, -0.1) is 0 Å². The van der Waals surface area contributed by atoms with Crippen LogP contribution < -0.4 is 10.2 Å². The number of nitrogens with zero attached hydrogens (tertiary/aromatic N) is 1. The molecule has 0 unspecified atom stereocenters. The minimum absolute atomic E-state index is 0.504. The van der Waals surface area contributed by atoms with Crippen LogP contribution in [-0.2, 0) is 4.74 Å². The minimum Gasteiger partial charge on any atom is -0.443 e. The van der Waals surface area contributed by atoms with Gasteiger partial charge in [-0.1, -0.05) is 24.3 Å². The lowest BCUT2D eigenvalue weighted by Crippen LogP contribution is -2.45. The van der Waals surface area contributed by atoms with E-state index in [0.29, 0.717) is 11.4 Å². The van der Waals surface area contributed by atoms with Crippen molar-refractivity contribution >= 4 is 34.3 Å². The number of nitrogens with one attached hydrogen (secondary N) is 1. The van der Waals surface area contributed by atoms with Gasteiger partial charge in [0.2, 0.25) is 0 Å². The highest BCUT2D eigenvalue weighted by atomic mass is 16.6. The van der Waals surface area contributed by atoms with Gasteiger partial charge in [0.1, 0.15) is 5.60 Å². The Morgan fingerprint density at radius 1 is 1.14 bits per heavy atom. The van der Waals surface area contributed by atoms with Crippen molar-refractivity contribution in [3.05, 3.63) is 36.4 Å². The van der Waals surface area contributed by atoms with Crippen molar-refractivity contribution in [2.75, 3.05) is 10.2 Å². The van der Waals surface area contributed by atoms with Crippen LogP contribution in [0, 0.1) is 0 Å². The number of carbonyl (C=O) groups excluding carboxylic acids is 2. The third-order valence-corrected chi connectivity index (χ3v) is 3.14. The van der Waals surface area contributed by atoms with Crippen molar-refractivity contribution in [1.82, 2.24) is 0 Å². The SMILES string of the molecule is CC(C)(C)OC(=O)N1C(=O)Nc2cccc3cccc1c23. The van der Waals surface area contributed by atoms with Crippen LogP contribution >= 0.6 is 0 Å². The van der Waals surface area contributed by atoms with Gasteiger partial charge < -0.3 is 10.1 Å². The maximum Gasteiger partial charge on any atom is 0.423 e. The molecule has 3 amide bonds. The zero-order valence-corrected chi connectivity index (χ0v) is 12.1. The number of urea groups is 1. The zero-order valence-electron chi connectivity index (χ0n) is 12.1. The van der Waals surface area contributed by atoms with E-state index in [9.17, 15) is 9.59 Å². The maximum absolute atomic E-state index is 12.3. The molecule has 0 saturated carbocycles. The van der Waals surface area contributed by atoms with Gasteiger partial charge >= 0.3 is 12.1 Å². The summed E-state index contributed by atoms with van der Waals surface area (Å²) in [4.78, 5) is 25.6. The number of hydrogen-bond donors (Lipinski definition) is 1. The molecule has 0 radical (unpaired) electrons. The standard InChI is InChI=1S/C16H16N2O3/c1-16(2,3)21-15(20)18-12-9-5-7-10-6-4-8-11(13(10)12)17-14(18)19/h4-9H,1-3H3,(H,17,19). The second-order valence-corrected chi connectivity index (χ2v) is 5.93. The van der Waals surface area contributed by atoms with E-state index in [1.54, 1.807) is 26.8 Å². The number of anilines is 2. The lowest BCUT2D eigenvalue weighted by atomic mass is 10.0. The number of benzene rings is 2. The summed E-state index contributed by atoms with van der Waals surface area (Å²) in [7, 11) is 0. The molecule has 0 aromatic heterocycles. The van der Waals surface area contributed by atoms with E-state index in [0.717, 1.165) is 15.7 Å². The van der Waals surface area contributed by atoms with Crippen molar-refractivity contribution < 1.29 is 14.3 Å². The summed E-state index contributed by atoms with van der Waals surface area (Å²) in [5.41, 5.74) is 0.580. The lowest BCUT2D eigenvalue weighted by Gasteiger charge is -2.30. The molecule has 0 fully saturated rings. The third kappa shape index (κ3) is 2.31. The van der Waals surface area contributed by atoms with Crippen LogP contribution in [0.5, 0.6) is 0 Å². The van der Waals surface area contributed by atoms with Crippen LogP contribution in [-0.4, -0.2) is 17.7 Å². The fourth-order valence-corrected chi connectivity index (χ4v) is 2.38. The smallest absolute Gasteiger partial charge is 0.423 e. The van der Waals surface area contributed by atoms with Gasteiger partial charge in [0.15, 0.2) is 0 Å². The molecule has 5 nitrogen and oxygen atoms in total. The first-order chi connectivity index (χ1) is 9.87. The Kier molecular flexibility index (Phi) is 2.86. The predicted molar refractivity (Wildman–Crippen MR) is 81.7 cm³/mol. The Labute approximate surface area is 122 Å². The van der Waals surface area contributed by atoms with Gasteiger partial charge in [-0.2, -0.15) is 4.90 Å². The van der Waals surface area contributed by atoms with E-state index >= 15 is 0 Å². The molecule has 0 bridgehead atoms. The number of hydrogen-bond acceptors (Lipinski definition) is 3. The summed E-state index contributed by atoms with van der Waals surface area (Å²) in [6.07, 6.45) is -0.679. The first kappa shape index (κ1) is 13.4. The van der Waals surface area contributed by atoms with Crippen LogP contribution in [0.4, 0.5) is 21.0 Å². The monoisotopic (exact) mass is 284 g/mol. The second kappa shape index (κ2) is 4.48. The Morgan fingerprint density at radius 3 is 2.48 bits per heavy atom. The molecule has 3 rings (SSSR count). The van der Waals surface area contributed by atoms with E-state index in [1.165, 1.54) is 0 Å². The molecule has 1 heterocycles. The summed E-state index contributed by atoms with van der Waals surface area (Å²) in [6, 6.07) is 10.6. The molecule has 5 heteroatoms. The average molecular weight is 284 g/mol. The third-order valence-electron chi connectivity index (χ3n) is 3.14. The van der Waals surface area contributed by atoms with Crippen LogP contribution in [0.3, 0.4) is 0 Å². The summed E-state index contributed by atoms with van der Waals surface area (Å²) < 4.78 is 5.32. The molecule has 1 N–H and O–H groups in total. The molecule has 1 aliphatic rings. The summed E-state index contributed by atoms with van der Waals surface area (Å²) >= 11 is 0. The molecule has 0 aliphatic carbocycles. The van der Waals surface area contributed by atoms with E-state index in [2.05, 4.69) is 5.32 Å². The van der Waals surface area contributed by atoms with Gasteiger partial charge in [-0.05, 0) is 38.3 Å². The van der Waals surface area contributed by atoms with Gasteiger partial charge in [-0.3, -0.25) is 0 Å². The zero-order chi connectivity index (χ0) is 15.2. The van der Waals surface area contributed by atoms with Crippen LogP contribution in [0.2, 0.25) is 0 Å². The average Bonchev–Trinajstić information content (AvgIpc) is 2.36. The molecule has 1 aliphatic heterocycles. The van der Waals surface area contributed by atoms with Gasteiger partial charge in [0, 0.05) is 5.39 Å². The summed E-state index contributed by atoms with van der Waals surface area (Å²) in [6.45, 7) is 5.30. The first-order valence-corrected chi connectivity index (χ1v) is 6.73. The molecule has 0 saturated heterocycles. The van der Waals surface area contributed by atoms with Crippen molar-refractivity contribution in [2.24, 2.45) is 0 Å². The minimum atomic E-state index is -0.679. The fourth-order valence-electron chi connectivity index (χ4n) is 2.38. The highest BCUT2D eigenvalue weighted by Gasteiger charge is 2.33. The number of carbonyl (C=O) groups is 2. The first-order valence-electron chi connectivity index (χ1n) is 6.73. The lowest BCUT2D eigenvalue weighted by molar-refractivity contribution is 0.0596. The number of rotatable bonds is 0. The molecule has 2 aromatic rings. The van der Waals surface area contributed by atoms with Gasteiger partial charge in [0.25, 0.3) is 0 Å². The quantitative estimate of drug-likeness (QED) is 0.791. The largest absolute Gasteiger partial charge is 0.443 e. The fraction of sp³-hybridized carbons (Fsp3) is 0.250. The van der Waals surface area contributed by atoms with E-state index in [1.807, 2.05) is 30.3 Å². The molecular weight excluding hydrogens is 268 g/mol. The van der Waals surface area contributed by atoms with Crippen molar-refractivity contribution in [2.45, 2.75) is 26.4 Å².